The fourth-order valence-electron chi connectivity index (χ4n) is 2.59. The number of aryl methyl sites for hydroxylation is 1. The van der Waals surface area contributed by atoms with Crippen molar-refractivity contribution in [2.75, 3.05) is 12.0 Å². The Morgan fingerprint density at radius 1 is 1.26 bits per heavy atom. The van der Waals surface area contributed by atoms with Gasteiger partial charge in [0.1, 0.15) is 11.4 Å². The topological polar surface area (TPSA) is 73.1 Å². The minimum absolute atomic E-state index is 0.438. The van der Waals surface area contributed by atoms with Crippen LogP contribution in [0.2, 0.25) is 0 Å². The Labute approximate surface area is 114 Å². The first-order valence-corrected chi connectivity index (χ1v) is 7.15. The average Bonchev–Trinajstić information content (AvgIpc) is 2.46. The summed E-state index contributed by atoms with van der Waals surface area (Å²) < 4.78 is 5.86. The molecule has 1 unspecified atom stereocenters. The van der Waals surface area contributed by atoms with E-state index in [-0.39, 0.29) is 0 Å². The number of hydrogen-bond donors (Lipinski definition) is 2. The number of rotatable bonds is 5. The first kappa shape index (κ1) is 14.2. The van der Waals surface area contributed by atoms with Gasteiger partial charge in [0.05, 0.1) is 0 Å². The molecule has 2 rings (SSSR count). The molecule has 0 saturated heterocycles. The molecule has 1 aliphatic rings. The maximum absolute atomic E-state index is 5.86. The Bertz CT molecular complexity index is 432. The molecule has 1 aliphatic carbocycles. The summed E-state index contributed by atoms with van der Waals surface area (Å²) >= 11 is 0. The zero-order valence-corrected chi connectivity index (χ0v) is 12.1. The summed E-state index contributed by atoms with van der Waals surface area (Å²) in [5.74, 6) is 7.12. The van der Waals surface area contributed by atoms with E-state index in [0.717, 1.165) is 36.6 Å². The Morgan fingerprint density at radius 3 is 2.63 bits per heavy atom. The molecule has 106 valence electrons. The molecule has 1 heterocycles. The standard InChI is InChI=1S/C14H24N4O/c1-4-14(3,19-5-2)13-16-11-9-7-6-8-10(11)12(17-13)18-15/h4-9,15H2,1-3H3,(H,16,17,18). The molecule has 1 aromatic rings. The second kappa shape index (κ2) is 5.84. The molecule has 0 aromatic carbocycles. The molecule has 1 aromatic heterocycles. The van der Waals surface area contributed by atoms with Crippen LogP contribution in [0.15, 0.2) is 0 Å². The van der Waals surface area contributed by atoms with Gasteiger partial charge < -0.3 is 10.2 Å². The molecular formula is C14H24N4O. The highest BCUT2D eigenvalue weighted by Gasteiger charge is 2.30. The summed E-state index contributed by atoms with van der Waals surface area (Å²) in [6.45, 7) is 6.78. The Balaban J connectivity index is 2.46. The van der Waals surface area contributed by atoms with Crippen molar-refractivity contribution in [3.63, 3.8) is 0 Å². The lowest BCUT2D eigenvalue weighted by Gasteiger charge is -2.29. The number of aromatic nitrogens is 2. The first-order valence-electron chi connectivity index (χ1n) is 7.15. The van der Waals surface area contributed by atoms with Crippen molar-refractivity contribution < 1.29 is 4.74 Å². The predicted molar refractivity (Wildman–Crippen MR) is 75.8 cm³/mol. The first-order chi connectivity index (χ1) is 9.14. The van der Waals surface area contributed by atoms with Crippen molar-refractivity contribution in [3.8, 4) is 0 Å². The molecule has 0 aliphatic heterocycles. The van der Waals surface area contributed by atoms with Crippen LogP contribution < -0.4 is 11.3 Å². The largest absolute Gasteiger partial charge is 0.368 e. The van der Waals surface area contributed by atoms with Gasteiger partial charge in [-0.25, -0.2) is 15.8 Å². The molecule has 0 radical (unpaired) electrons. The summed E-state index contributed by atoms with van der Waals surface area (Å²) in [5.41, 5.74) is 4.59. The highest BCUT2D eigenvalue weighted by molar-refractivity contribution is 5.47. The van der Waals surface area contributed by atoms with Crippen LogP contribution in [0.5, 0.6) is 0 Å². The van der Waals surface area contributed by atoms with Crippen LogP contribution in [-0.2, 0) is 23.2 Å². The average molecular weight is 264 g/mol. The molecular weight excluding hydrogens is 240 g/mol. The highest BCUT2D eigenvalue weighted by Crippen LogP contribution is 2.31. The number of nitrogens with zero attached hydrogens (tertiary/aromatic N) is 2. The zero-order valence-electron chi connectivity index (χ0n) is 12.1. The second-order valence-corrected chi connectivity index (χ2v) is 5.19. The van der Waals surface area contributed by atoms with Crippen LogP contribution >= 0.6 is 0 Å². The van der Waals surface area contributed by atoms with E-state index < -0.39 is 5.60 Å². The lowest BCUT2D eigenvalue weighted by molar-refractivity contribution is -0.0391. The van der Waals surface area contributed by atoms with E-state index in [0.29, 0.717) is 6.61 Å². The van der Waals surface area contributed by atoms with Crippen molar-refractivity contribution in [1.29, 1.82) is 0 Å². The quantitative estimate of drug-likeness (QED) is 0.630. The minimum Gasteiger partial charge on any atom is -0.368 e. The fourth-order valence-corrected chi connectivity index (χ4v) is 2.59. The van der Waals surface area contributed by atoms with Crippen LogP contribution in [0, 0.1) is 0 Å². The molecule has 0 fully saturated rings. The van der Waals surface area contributed by atoms with Crippen molar-refractivity contribution in [2.45, 2.75) is 58.5 Å². The van der Waals surface area contributed by atoms with Gasteiger partial charge in [0.25, 0.3) is 0 Å². The highest BCUT2D eigenvalue weighted by atomic mass is 16.5. The molecule has 0 amide bonds. The zero-order chi connectivity index (χ0) is 13.9. The summed E-state index contributed by atoms with van der Waals surface area (Å²) in [4.78, 5) is 9.35. The van der Waals surface area contributed by atoms with Crippen molar-refractivity contribution in [1.82, 2.24) is 9.97 Å². The third kappa shape index (κ3) is 2.72. The van der Waals surface area contributed by atoms with Crippen LogP contribution in [0.4, 0.5) is 5.82 Å². The maximum atomic E-state index is 5.86. The Hall–Kier alpha value is -1.20. The van der Waals surface area contributed by atoms with Crippen molar-refractivity contribution in [3.05, 3.63) is 17.1 Å². The third-order valence-corrected chi connectivity index (χ3v) is 3.93. The van der Waals surface area contributed by atoms with Gasteiger partial charge in [-0.1, -0.05) is 6.92 Å². The molecule has 5 heteroatoms. The smallest absolute Gasteiger partial charge is 0.162 e. The molecule has 19 heavy (non-hydrogen) atoms. The Kier molecular flexibility index (Phi) is 4.37. The summed E-state index contributed by atoms with van der Waals surface area (Å²) in [5, 5.41) is 0. The van der Waals surface area contributed by atoms with Crippen LogP contribution in [-0.4, -0.2) is 16.6 Å². The summed E-state index contributed by atoms with van der Waals surface area (Å²) in [6, 6.07) is 0. The van der Waals surface area contributed by atoms with Crippen LogP contribution in [0.25, 0.3) is 0 Å². The van der Waals surface area contributed by atoms with E-state index in [1.54, 1.807) is 0 Å². The molecule has 0 spiro atoms. The molecule has 3 N–H and O–H groups in total. The molecule has 0 bridgehead atoms. The Morgan fingerprint density at radius 2 is 2.00 bits per heavy atom. The molecule has 5 nitrogen and oxygen atoms in total. The number of hydrogen-bond acceptors (Lipinski definition) is 5. The maximum Gasteiger partial charge on any atom is 0.162 e. The van der Waals surface area contributed by atoms with E-state index in [9.17, 15) is 0 Å². The fraction of sp³-hybridized carbons (Fsp3) is 0.714. The minimum atomic E-state index is -0.438. The van der Waals surface area contributed by atoms with E-state index >= 15 is 0 Å². The van der Waals surface area contributed by atoms with E-state index in [1.165, 1.54) is 18.4 Å². The summed E-state index contributed by atoms with van der Waals surface area (Å²) in [7, 11) is 0. The van der Waals surface area contributed by atoms with Gasteiger partial charge in [-0.05, 0) is 46.0 Å². The molecule has 0 saturated carbocycles. The second-order valence-electron chi connectivity index (χ2n) is 5.19. The van der Waals surface area contributed by atoms with Crippen molar-refractivity contribution in [2.24, 2.45) is 5.84 Å². The van der Waals surface area contributed by atoms with Gasteiger partial charge in [0.2, 0.25) is 0 Å². The lowest BCUT2D eigenvalue weighted by atomic mass is 9.95. The number of fused-ring (bicyclic) bond motifs is 1. The normalized spacial score (nSPS) is 17.7. The lowest BCUT2D eigenvalue weighted by Crippen LogP contribution is -2.30. The predicted octanol–water partition coefficient (Wildman–Crippen LogP) is 2.30. The monoisotopic (exact) mass is 264 g/mol. The summed E-state index contributed by atoms with van der Waals surface area (Å²) in [6.07, 6.45) is 5.22. The molecule has 1 atom stereocenters. The van der Waals surface area contributed by atoms with E-state index in [4.69, 9.17) is 15.6 Å². The van der Waals surface area contributed by atoms with Gasteiger partial charge >= 0.3 is 0 Å². The SMILES string of the molecule is CCOC(C)(CC)c1nc2c(c(NN)n1)CCCC2. The number of anilines is 1. The number of nitrogens with one attached hydrogen (secondary N) is 1. The number of nitrogens with two attached hydrogens (primary N) is 1. The number of hydrazine groups is 1. The van der Waals surface area contributed by atoms with Gasteiger partial charge in [0.15, 0.2) is 5.82 Å². The van der Waals surface area contributed by atoms with Gasteiger partial charge in [-0.15, -0.1) is 0 Å². The third-order valence-electron chi connectivity index (χ3n) is 3.93. The van der Waals surface area contributed by atoms with Gasteiger partial charge in [0, 0.05) is 17.9 Å². The van der Waals surface area contributed by atoms with Gasteiger partial charge in [-0.2, -0.15) is 0 Å². The van der Waals surface area contributed by atoms with E-state index in [1.807, 2.05) is 13.8 Å². The van der Waals surface area contributed by atoms with Crippen LogP contribution in [0.3, 0.4) is 0 Å². The van der Waals surface area contributed by atoms with Crippen molar-refractivity contribution >= 4 is 5.82 Å². The number of ether oxygens (including phenoxy) is 1. The number of nitrogen functional groups attached to an aromatic ring is 1. The van der Waals surface area contributed by atoms with Gasteiger partial charge in [-0.3, -0.25) is 0 Å². The van der Waals surface area contributed by atoms with Crippen LogP contribution in [0.1, 0.15) is 57.1 Å². The van der Waals surface area contributed by atoms with E-state index in [2.05, 4.69) is 17.3 Å².